The Morgan fingerprint density at radius 1 is 0.938 bits per heavy atom. The van der Waals surface area contributed by atoms with Gasteiger partial charge in [-0.25, -0.2) is 9.79 Å². The zero-order chi connectivity index (χ0) is 22.6. The molecule has 0 saturated heterocycles. The summed E-state index contributed by atoms with van der Waals surface area (Å²) in [6.45, 7) is 0.470. The number of carbonyl (C=O) groups excluding carboxylic acids is 1. The first kappa shape index (κ1) is 21.4. The van der Waals surface area contributed by atoms with E-state index in [2.05, 4.69) is 15.6 Å². The van der Waals surface area contributed by atoms with Gasteiger partial charge in [0.25, 0.3) is 0 Å². The van der Waals surface area contributed by atoms with E-state index in [9.17, 15) is 18.0 Å². The molecule has 0 spiro atoms. The van der Waals surface area contributed by atoms with Gasteiger partial charge >= 0.3 is 12.2 Å². The summed E-state index contributed by atoms with van der Waals surface area (Å²) >= 11 is 0. The smallest absolute Gasteiger partial charge is 0.416 e. The maximum Gasteiger partial charge on any atom is 0.416 e. The van der Waals surface area contributed by atoms with Crippen LogP contribution in [0.2, 0.25) is 0 Å². The Balaban J connectivity index is 1.40. The fourth-order valence-electron chi connectivity index (χ4n) is 3.36. The Hall–Kier alpha value is -3.81. The van der Waals surface area contributed by atoms with Crippen LogP contribution in [0.15, 0.2) is 83.9 Å². The fraction of sp³-hybridized carbons (Fsp3) is 0.167. The molecule has 1 atom stereocenters. The van der Waals surface area contributed by atoms with Crippen molar-refractivity contribution in [3.8, 4) is 0 Å². The number of nitrogens with zero attached hydrogens (tertiary/aromatic N) is 1. The van der Waals surface area contributed by atoms with E-state index in [0.717, 1.165) is 18.6 Å². The van der Waals surface area contributed by atoms with E-state index in [0.29, 0.717) is 23.8 Å². The average molecular weight is 439 g/mol. The average Bonchev–Trinajstić information content (AvgIpc) is 3.23. The molecule has 3 aromatic carbocycles. The number of urea groups is 1. The van der Waals surface area contributed by atoms with Crippen molar-refractivity contribution in [2.45, 2.75) is 18.6 Å². The molecule has 1 heterocycles. The van der Waals surface area contributed by atoms with Gasteiger partial charge in [-0.05, 0) is 48.4 Å². The van der Waals surface area contributed by atoms with Crippen LogP contribution in [0.25, 0.3) is 0 Å². The van der Waals surface area contributed by atoms with Crippen molar-refractivity contribution in [1.29, 1.82) is 0 Å². The number of benzene rings is 3. The summed E-state index contributed by atoms with van der Waals surface area (Å²) in [6, 6.07) is 20.7. The Morgan fingerprint density at radius 3 is 2.34 bits per heavy atom. The number of amides is 2. The molecular weight excluding hydrogens is 419 g/mol. The predicted molar refractivity (Wildman–Crippen MR) is 117 cm³/mol. The van der Waals surface area contributed by atoms with E-state index in [4.69, 9.17) is 4.74 Å². The molecule has 3 aromatic rings. The molecule has 0 bridgehead atoms. The van der Waals surface area contributed by atoms with Crippen LogP contribution in [0.4, 0.5) is 29.3 Å². The van der Waals surface area contributed by atoms with Crippen molar-refractivity contribution >= 4 is 23.3 Å². The van der Waals surface area contributed by atoms with Crippen LogP contribution >= 0.6 is 0 Å². The molecule has 4 rings (SSSR count). The molecule has 0 aliphatic carbocycles. The number of hydrogen-bond donors (Lipinski definition) is 2. The van der Waals surface area contributed by atoms with Crippen LogP contribution in [-0.4, -0.2) is 24.6 Å². The Labute approximate surface area is 182 Å². The number of halogens is 3. The van der Waals surface area contributed by atoms with Gasteiger partial charge < -0.3 is 15.4 Å². The largest absolute Gasteiger partial charge is 0.475 e. The Morgan fingerprint density at radius 2 is 1.62 bits per heavy atom. The second kappa shape index (κ2) is 9.13. The van der Waals surface area contributed by atoms with Crippen molar-refractivity contribution < 1.29 is 22.7 Å². The van der Waals surface area contributed by atoms with Crippen molar-refractivity contribution in [2.75, 3.05) is 17.2 Å². The van der Waals surface area contributed by atoms with E-state index in [1.165, 1.54) is 17.7 Å². The van der Waals surface area contributed by atoms with Crippen LogP contribution in [-0.2, 0) is 17.3 Å². The van der Waals surface area contributed by atoms with Crippen molar-refractivity contribution in [3.05, 3.63) is 95.6 Å². The minimum absolute atomic E-state index is 0.00761. The number of alkyl halides is 3. The molecular formula is C24H20F3N3O2. The van der Waals surface area contributed by atoms with E-state index in [-0.39, 0.29) is 11.7 Å². The lowest BCUT2D eigenvalue weighted by Gasteiger charge is -2.11. The summed E-state index contributed by atoms with van der Waals surface area (Å²) in [5.41, 5.74) is 1.55. The van der Waals surface area contributed by atoms with Gasteiger partial charge in [0.15, 0.2) is 0 Å². The van der Waals surface area contributed by atoms with E-state index in [1.54, 1.807) is 18.2 Å². The summed E-state index contributed by atoms with van der Waals surface area (Å²) in [4.78, 5) is 16.9. The van der Waals surface area contributed by atoms with Gasteiger partial charge in [0.1, 0.15) is 6.61 Å². The van der Waals surface area contributed by atoms with E-state index < -0.39 is 17.8 Å². The maximum absolute atomic E-state index is 12.8. The molecule has 2 N–H and O–H groups in total. The fourth-order valence-corrected chi connectivity index (χ4v) is 3.36. The zero-order valence-corrected chi connectivity index (χ0v) is 16.9. The zero-order valence-electron chi connectivity index (χ0n) is 16.9. The molecule has 0 fully saturated rings. The Bertz CT molecular complexity index is 1130. The van der Waals surface area contributed by atoms with Gasteiger partial charge in [0.05, 0.1) is 11.6 Å². The quantitative estimate of drug-likeness (QED) is 0.533. The van der Waals surface area contributed by atoms with Gasteiger partial charge in [-0.15, -0.1) is 0 Å². The number of ether oxygens (including phenoxy) is 1. The summed E-state index contributed by atoms with van der Waals surface area (Å²) in [6.07, 6.45) is -3.72. The van der Waals surface area contributed by atoms with Crippen LogP contribution in [0.5, 0.6) is 0 Å². The maximum atomic E-state index is 12.8. The molecule has 8 heteroatoms. The lowest BCUT2D eigenvalue weighted by Crippen LogP contribution is -2.20. The minimum atomic E-state index is -4.48. The highest BCUT2D eigenvalue weighted by atomic mass is 19.4. The Kier molecular flexibility index (Phi) is 6.11. The molecule has 1 aliphatic heterocycles. The number of nitrogens with one attached hydrogen (secondary N) is 2. The first-order valence-electron chi connectivity index (χ1n) is 9.97. The van der Waals surface area contributed by atoms with E-state index >= 15 is 0 Å². The molecule has 1 unspecified atom stereocenters. The summed E-state index contributed by atoms with van der Waals surface area (Å²) < 4.78 is 44.3. The van der Waals surface area contributed by atoms with Crippen LogP contribution in [0.1, 0.15) is 16.7 Å². The predicted octanol–water partition coefficient (Wildman–Crippen LogP) is 5.74. The van der Waals surface area contributed by atoms with Crippen LogP contribution in [0, 0.1) is 0 Å². The second-order valence-corrected chi connectivity index (χ2v) is 7.33. The van der Waals surface area contributed by atoms with Gasteiger partial charge in [-0.2, -0.15) is 13.2 Å². The third-order valence-corrected chi connectivity index (χ3v) is 4.84. The lowest BCUT2D eigenvalue weighted by molar-refractivity contribution is -0.137. The van der Waals surface area contributed by atoms with Crippen molar-refractivity contribution in [3.63, 3.8) is 0 Å². The van der Waals surface area contributed by atoms with Gasteiger partial charge in [-0.3, -0.25) is 0 Å². The van der Waals surface area contributed by atoms with Crippen LogP contribution < -0.4 is 10.6 Å². The monoisotopic (exact) mass is 439 g/mol. The van der Waals surface area contributed by atoms with E-state index in [1.807, 2.05) is 36.4 Å². The molecule has 0 aromatic heterocycles. The third-order valence-electron chi connectivity index (χ3n) is 4.84. The molecule has 0 saturated carbocycles. The van der Waals surface area contributed by atoms with Gasteiger partial charge in [0, 0.05) is 16.9 Å². The molecule has 1 aliphatic rings. The molecule has 0 radical (unpaired) electrons. The number of rotatable bonds is 5. The van der Waals surface area contributed by atoms with Gasteiger partial charge in [0.2, 0.25) is 5.90 Å². The first-order valence-corrected chi connectivity index (χ1v) is 9.97. The number of hydrogen-bond acceptors (Lipinski definition) is 3. The summed E-state index contributed by atoms with van der Waals surface area (Å²) in [7, 11) is 0. The second-order valence-electron chi connectivity index (χ2n) is 7.33. The topological polar surface area (TPSA) is 62.7 Å². The molecule has 32 heavy (non-hydrogen) atoms. The first-order chi connectivity index (χ1) is 15.4. The third kappa shape index (κ3) is 5.46. The molecule has 2 amide bonds. The van der Waals surface area contributed by atoms with Gasteiger partial charge in [-0.1, -0.05) is 42.5 Å². The number of aliphatic imine (C=N–C) groups is 1. The molecule has 5 nitrogen and oxygen atoms in total. The van der Waals surface area contributed by atoms with Crippen LogP contribution in [0.3, 0.4) is 0 Å². The highest BCUT2D eigenvalue weighted by Crippen LogP contribution is 2.30. The number of anilines is 2. The normalized spacial score (nSPS) is 15.6. The van der Waals surface area contributed by atoms with Crippen molar-refractivity contribution in [1.82, 2.24) is 0 Å². The summed E-state index contributed by atoms with van der Waals surface area (Å²) in [5, 5.41) is 5.04. The minimum Gasteiger partial charge on any atom is -0.475 e. The number of carbonyl (C=O) groups is 1. The summed E-state index contributed by atoms with van der Waals surface area (Å²) in [5.74, 6) is 0.493. The highest BCUT2D eigenvalue weighted by molar-refractivity contribution is 6.01. The molecule has 164 valence electrons. The standard InChI is InChI=1S/C24H20F3N3O2/c25-24(26,27)18-9-5-11-20(14-18)30-23(31)29-19-10-4-8-17(13-19)22-28-21(15-32-22)12-16-6-2-1-3-7-16/h1-11,13-14,21H,12,15H2,(H2,29,30,31). The lowest BCUT2D eigenvalue weighted by atomic mass is 10.1. The highest BCUT2D eigenvalue weighted by Gasteiger charge is 2.30. The SMILES string of the molecule is O=C(Nc1cccc(C2=NC(Cc3ccccc3)CO2)c1)Nc1cccc(C(F)(F)F)c1. The van der Waals surface area contributed by atoms with Crippen molar-refractivity contribution in [2.24, 2.45) is 4.99 Å².